The van der Waals surface area contributed by atoms with Gasteiger partial charge in [-0.1, -0.05) is 23.7 Å². The predicted molar refractivity (Wildman–Crippen MR) is 60.7 cm³/mol. The molecule has 14 heavy (non-hydrogen) atoms. The van der Waals surface area contributed by atoms with E-state index in [1.807, 2.05) is 12.1 Å². The second-order valence-corrected chi connectivity index (χ2v) is 4.44. The lowest BCUT2D eigenvalue weighted by atomic mass is 10.0. The standard InChI is InChI=1S/C9H13ClNO2S/c10-9-3-1-7(2-4-9)8(5-11)6-14(12)13/h1-4,8,12-13H,5-6,11H2/q+1. The Balaban J connectivity index is 2.73. The first-order chi connectivity index (χ1) is 6.63. The third-order valence-electron chi connectivity index (χ3n) is 1.98. The van der Waals surface area contributed by atoms with Crippen LogP contribution in [0.25, 0.3) is 0 Å². The minimum absolute atomic E-state index is 0.0226. The minimum atomic E-state index is -1.56. The fourth-order valence-electron chi connectivity index (χ4n) is 1.22. The Bertz CT molecular complexity index is 279. The summed E-state index contributed by atoms with van der Waals surface area (Å²) in [6.07, 6.45) is 0. The monoisotopic (exact) mass is 234 g/mol. The van der Waals surface area contributed by atoms with E-state index in [0.29, 0.717) is 11.6 Å². The van der Waals surface area contributed by atoms with Crippen molar-refractivity contribution in [3.05, 3.63) is 34.9 Å². The van der Waals surface area contributed by atoms with E-state index in [1.54, 1.807) is 12.1 Å². The molecule has 0 fully saturated rings. The van der Waals surface area contributed by atoms with E-state index < -0.39 is 11.5 Å². The minimum Gasteiger partial charge on any atom is -0.330 e. The molecule has 4 N–H and O–H groups in total. The Morgan fingerprint density at radius 1 is 1.29 bits per heavy atom. The highest BCUT2D eigenvalue weighted by Crippen LogP contribution is 2.18. The van der Waals surface area contributed by atoms with Crippen LogP contribution in [0.2, 0.25) is 5.02 Å². The van der Waals surface area contributed by atoms with Crippen LogP contribution in [-0.2, 0) is 11.5 Å². The smallest absolute Gasteiger partial charge is 0.310 e. The molecule has 1 unspecified atom stereocenters. The summed E-state index contributed by atoms with van der Waals surface area (Å²) in [5.74, 6) is 0.253. The van der Waals surface area contributed by atoms with Crippen molar-refractivity contribution in [1.29, 1.82) is 0 Å². The van der Waals surface area contributed by atoms with Crippen molar-refractivity contribution >= 4 is 23.1 Å². The lowest BCUT2D eigenvalue weighted by Gasteiger charge is -2.10. The molecular weight excluding hydrogens is 222 g/mol. The molecule has 0 aliphatic carbocycles. The molecule has 0 aliphatic rings. The molecule has 1 aromatic carbocycles. The van der Waals surface area contributed by atoms with Gasteiger partial charge in [0.25, 0.3) is 0 Å². The van der Waals surface area contributed by atoms with E-state index in [0.717, 1.165) is 5.56 Å². The molecular formula is C9H13ClNO2S+. The molecule has 0 amide bonds. The number of benzene rings is 1. The van der Waals surface area contributed by atoms with Gasteiger partial charge in [-0.05, 0) is 17.7 Å². The van der Waals surface area contributed by atoms with Gasteiger partial charge in [-0.25, -0.2) is 0 Å². The highest BCUT2D eigenvalue weighted by atomic mass is 35.5. The summed E-state index contributed by atoms with van der Waals surface area (Å²) in [5.41, 5.74) is 6.52. The number of nitrogens with two attached hydrogens (primary N) is 1. The maximum absolute atomic E-state index is 8.87. The lowest BCUT2D eigenvalue weighted by Crippen LogP contribution is -2.21. The van der Waals surface area contributed by atoms with Crippen molar-refractivity contribution < 1.29 is 9.11 Å². The summed E-state index contributed by atoms with van der Waals surface area (Å²) < 4.78 is 17.7. The fourth-order valence-corrected chi connectivity index (χ4v) is 2.03. The summed E-state index contributed by atoms with van der Waals surface area (Å²) in [5, 5.41) is 0.663. The zero-order valence-electron chi connectivity index (χ0n) is 7.56. The lowest BCUT2D eigenvalue weighted by molar-refractivity contribution is 0.498. The van der Waals surface area contributed by atoms with Gasteiger partial charge in [-0.3, -0.25) is 0 Å². The van der Waals surface area contributed by atoms with E-state index in [1.165, 1.54) is 0 Å². The maximum Gasteiger partial charge on any atom is 0.310 e. The number of halogens is 1. The van der Waals surface area contributed by atoms with Gasteiger partial charge < -0.3 is 5.73 Å². The second-order valence-electron chi connectivity index (χ2n) is 2.99. The number of hydrogen-bond acceptors (Lipinski definition) is 3. The van der Waals surface area contributed by atoms with Gasteiger partial charge in [0.05, 0.1) is 0 Å². The van der Waals surface area contributed by atoms with Crippen LogP contribution in [0.3, 0.4) is 0 Å². The van der Waals surface area contributed by atoms with Crippen molar-refractivity contribution in [3.63, 3.8) is 0 Å². The van der Waals surface area contributed by atoms with Crippen LogP contribution in [0.15, 0.2) is 24.3 Å². The molecule has 0 spiro atoms. The van der Waals surface area contributed by atoms with Crippen LogP contribution < -0.4 is 5.73 Å². The molecule has 1 aromatic rings. The first-order valence-electron chi connectivity index (χ1n) is 4.18. The molecule has 0 bridgehead atoms. The van der Waals surface area contributed by atoms with Crippen LogP contribution in [0.1, 0.15) is 11.5 Å². The zero-order valence-corrected chi connectivity index (χ0v) is 9.13. The van der Waals surface area contributed by atoms with E-state index in [4.69, 9.17) is 26.4 Å². The third kappa shape index (κ3) is 3.48. The van der Waals surface area contributed by atoms with E-state index in [2.05, 4.69) is 0 Å². The van der Waals surface area contributed by atoms with Gasteiger partial charge >= 0.3 is 11.5 Å². The Morgan fingerprint density at radius 2 is 1.86 bits per heavy atom. The van der Waals surface area contributed by atoms with Crippen molar-refractivity contribution in [1.82, 2.24) is 0 Å². The highest BCUT2D eigenvalue weighted by molar-refractivity contribution is 7.85. The summed E-state index contributed by atoms with van der Waals surface area (Å²) in [6.45, 7) is 0.395. The average molecular weight is 235 g/mol. The third-order valence-corrected chi connectivity index (χ3v) is 2.93. The molecule has 0 saturated carbocycles. The summed E-state index contributed by atoms with van der Waals surface area (Å²) >= 11 is 4.17. The molecule has 0 aliphatic heterocycles. The van der Waals surface area contributed by atoms with Crippen LogP contribution >= 0.6 is 11.6 Å². The predicted octanol–water partition coefficient (Wildman–Crippen LogP) is 1.95. The Morgan fingerprint density at radius 3 is 2.29 bits per heavy atom. The zero-order chi connectivity index (χ0) is 10.6. The fraction of sp³-hybridized carbons (Fsp3) is 0.333. The first kappa shape index (κ1) is 11.8. The van der Waals surface area contributed by atoms with Crippen LogP contribution in [0.4, 0.5) is 0 Å². The van der Waals surface area contributed by atoms with E-state index in [-0.39, 0.29) is 11.7 Å². The SMILES string of the molecule is NCC(C[S+](O)O)c1ccc(Cl)cc1. The Kier molecular flexibility index (Phi) is 4.71. The van der Waals surface area contributed by atoms with Gasteiger partial charge in [-0.2, -0.15) is 9.11 Å². The van der Waals surface area contributed by atoms with Gasteiger partial charge in [0.1, 0.15) is 0 Å². The topological polar surface area (TPSA) is 66.5 Å². The van der Waals surface area contributed by atoms with E-state index in [9.17, 15) is 0 Å². The summed E-state index contributed by atoms with van der Waals surface area (Å²) in [4.78, 5) is 0. The molecule has 3 nitrogen and oxygen atoms in total. The second kappa shape index (κ2) is 5.58. The van der Waals surface area contributed by atoms with Gasteiger partial charge in [0, 0.05) is 17.5 Å². The number of hydrogen-bond donors (Lipinski definition) is 3. The maximum atomic E-state index is 8.87. The van der Waals surface area contributed by atoms with Gasteiger partial charge in [-0.15, -0.1) is 0 Å². The molecule has 0 saturated heterocycles. The van der Waals surface area contributed by atoms with Crippen LogP contribution in [0, 0.1) is 0 Å². The Hall–Kier alpha value is -0.260. The van der Waals surface area contributed by atoms with Gasteiger partial charge in [0.2, 0.25) is 0 Å². The summed E-state index contributed by atoms with van der Waals surface area (Å²) in [6, 6.07) is 7.25. The first-order valence-corrected chi connectivity index (χ1v) is 5.86. The van der Waals surface area contributed by atoms with Crippen molar-refractivity contribution in [2.75, 3.05) is 12.3 Å². The summed E-state index contributed by atoms with van der Waals surface area (Å²) in [7, 11) is 0. The molecule has 0 aromatic heterocycles. The molecule has 1 rings (SSSR count). The molecule has 0 radical (unpaired) electrons. The largest absolute Gasteiger partial charge is 0.330 e. The molecule has 0 heterocycles. The van der Waals surface area contributed by atoms with Crippen molar-refractivity contribution in [2.24, 2.45) is 5.73 Å². The number of rotatable bonds is 4. The van der Waals surface area contributed by atoms with Gasteiger partial charge in [0.15, 0.2) is 5.75 Å². The van der Waals surface area contributed by atoms with Crippen LogP contribution in [0.5, 0.6) is 0 Å². The van der Waals surface area contributed by atoms with E-state index >= 15 is 0 Å². The van der Waals surface area contributed by atoms with Crippen molar-refractivity contribution in [2.45, 2.75) is 5.92 Å². The molecule has 5 heteroatoms. The quantitative estimate of drug-likeness (QED) is 0.698. The highest BCUT2D eigenvalue weighted by Gasteiger charge is 2.21. The van der Waals surface area contributed by atoms with Crippen LogP contribution in [-0.4, -0.2) is 21.4 Å². The average Bonchev–Trinajstić information content (AvgIpc) is 2.15. The normalized spacial score (nSPS) is 13.2. The Labute approximate surface area is 91.3 Å². The molecule has 1 atom stereocenters. The molecule has 78 valence electrons. The van der Waals surface area contributed by atoms with Crippen molar-refractivity contribution in [3.8, 4) is 0 Å².